The second kappa shape index (κ2) is 6.05. The van der Waals surface area contributed by atoms with Gasteiger partial charge < -0.3 is 25.2 Å². The average molecular weight is 326 g/mol. The number of carbonyl (C=O) groups is 1. The normalized spacial score (nSPS) is 21.0. The van der Waals surface area contributed by atoms with Crippen LogP contribution in [0.15, 0.2) is 42.5 Å². The Morgan fingerprint density at radius 1 is 1.08 bits per heavy atom. The number of anilines is 1. The SMILES string of the molecule is O=C(Nc1ccc2c(c1)OCCO2)N[C@H]1c2ccccc2C[C@H]1O. The fourth-order valence-corrected chi connectivity index (χ4v) is 3.18. The van der Waals surface area contributed by atoms with E-state index >= 15 is 0 Å². The second-order valence-corrected chi connectivity index (χ2v) is 5.90. The van der Waals surface area contributed by atoms with Gasteiger partial charge in [0.2, 0.25) is 0 Å². The molecule has 3 N–H and O–H groups in total. The smallest absolute Gasteiger partial charge is 0.319 e. The Hall–Kier alpha value is -2.73. The molecule has 0 fully saturated rings. The molecule has 0 saturated heterocycles. The van der Waals surface area contributed by atoms with Gasteiger partial charge in [-0.25, -0.2) is 4.79 Å². The molecule has 2 amide bonds. The molecule has 2 atom stereocenters. The highest BCUT2D eigenvalue weighted by Crippen LogP contribution is 2.33. The summed E-state index contributed by atoms with van der Waals surface area (Å²) < 4.78 is 11.0. The first kappa shape index (κ1) is 14.8. The molecule has 1 heterocycles. The third-order valence-electron chi connectivity index (χ3n) is 4.29. The number of carbonyl (C=O) groups excluding carboxylic acids is 1. The molecule has 0 saturated carbocycles. The van der Waals surface area contributed by atoms with Crippen molar-refractivity contribution in [2.75, 3.05) is 18.5 Å². The quantitative estimate of drug-likeness (QED) is 0.791. The van der Waals surface area contributed by atoms with E-state index in [4.69, 9.17) is 9.47 Å². The third kappa shape index (κ3) is 2.76. The van der Waals surface area contributed by atoms with Gasteiger partial charge in [0.1, 0.15) is 13.2 Å². The molecule has 4 rings (SSSR count). The number of urea groups is 1. The average Bonchev–Trinajstić information content (AvgIpc) is 2.90. The maximum absolute atomic E-state index is 12.3. The summed E-state index contributed by atoms with van der Waals surface area (Å²) in [6.45, 7) is 1.02. The van der Waals surface area contributed by atoms with E-state index in [9.17, 15) is 9.90 Å². The number of fused-ring (bicyclic) bond motifs is 2. The summed E-state index contributed by atoms with van der Waals surface area (Å²) in [5.41, 5.74) is 2.63. The molecule has 0 spiro atoms. The molecule has 2 aromatic rings. The summed E-state index contributed by atoms with van der Waals surface area (Å²) in [5.74, 6) is 1.29. The van der Waals surface area contributed by atoms with Gasteiger partial charge in [-0.3, -0.25) is 0 Å². The van der Waals surface area contributed by atoms with Crippen LogP contribution in [0.1, 0.15) is 17.2 Å². The minimum Gasteiger partial charge on any atom is -0.486 e. The summed E-state index contributed by atoms with van der Waals surface area (Å²) in [6.07, 6.45) is -0.0704. The van der Waals surface area contributed by atoms with Crippen molar-refractivity contribution in [2.45, 2.75) is 18.6 Å². The van der Waals surface area contributed by atoms with Crippen molar-refractivity contribution >= 4 is 11.7 Å². The summed E-state index contributed by atoms with van der Waals surface area (Å²) in [7, 11) is 0. The van der Waals surface area contributed by atoms with Crippen molar-refractivity contribution in [3.05, 3.63) is 53.6 Å². The predicted octanol–water partition coefficient (Wildman–Crippen LogP) is 2.24. The van der Waals surface area contributed by atoms with Crippen molar-refractivity contribution < 1.29 is 19.4 Å². The molecule has 0 aromatic heterocycles. The molecule has 0 bridgehead atoms. The number of rotatable bonds is 2. The number of hydrogen-bond donors (Lipinski definition) is 3. The Balaban J connectivity index is 1.46. The zero-order chi connectivity index (χ0) is 16.5. The third-order valence-corrected chi connectivity index (χ3v) is 4.29. The van der Waals surface area contributed by atoms with Gasteiger partial charge in [0.25, 0.3) is 0 Å². The van der Waals surface area contributed by atoms with E-state index in [0.717, 1.165) is 11.1 Å². The number of nitrogens with one attached hydrogen (secondary N) is 2. The molecule has 124 valence electrons. The number of hydrogen-bond acceptors (Lipinski definition) is 4. The number of benzene rings is 2. The minimum atomic E-state index is -0.617. The monoisotopic (exact) mass is 326 g/mol. The highest BCUT2D eigenvalue weighted by Gasteiger charge is 2.31. The van der Waals surface area contributed by atoms with Crippen LogP contribution < -0.4 is 20.1 Å². The molecular formula is C18H18N2O4. The lowest BCUT2D eigenvalue weighted by Crippen LogP contribution is -2.36. The molecule has 1 aliphatic heterocycles. The lowest BCUT2D eigenvalue weighted by molar-refractivity contribution is 0.144. The lowest BCUT2D eigenvalue weighted by atomic mass is 10.1. The van der Waals surface area contributed by atoms with Gasteiger partial charge in [-0.2, -0.15) is 0 Å². The summed E-state index contributed by atoms with van der Waals surface area (Å²) in [4.78, 5) is 12.3. The van der Waals surface area contributed by atoms with Gasteiger partial charge in [0.15, 0.2) is 11.5 Å². The zero-order valence-electron chi connectivity index (χ0n) is 13.0. The molecular weight excluding hydrogens is 308 g/mol. The van der Waals surface area contributed by atoms with Crippen LogP contribution in [0.25, 0.3) is 0 Å². The van der Waals surface area contributed by atoms with Gasteiger partial charge in [0.05, 0.1) is 12.1 Å². The van der Waals surface area contributed by atoms with Gasteiger partial charge in [-0.05, 0) is 23.3 Å². The standard InChI is InChI=1S/C18H18N2O4/c21-14-9-11-3-1-2-4-13(11)17(14)20-18(22)19-12-5-6-15-16(10-12)24-8-7-23-15/h1-6,10,14,17,21H,7-9H2,(H2,19,20,22)/t14-,17+/m1/s1. The molecule has 0 unspecified atom stereocenters. The molecule has 2 aromatic carbocycles. The van der Waals surface area contributed by atoms with Crippen LogP contribution in [0.2, 0.25) is 0 Å². The largest absolute Gasteiger partial charge is 0.486 e. The topological polar surface area (TPSA) is 79.8 Å². The van der Waals surface area contributed by atoms with Crippen LogP contribution in [0.5, 0.6) is 11.5 Å². The van der Waals surface area contributed by atoms with Crippen molar-refractivity contribution in [3.63, 3.8) is 0 Å². The Kier molecular flexibility index (Phi) is 3.74. The summed E-state index contributed by atoms with van der Waals surface area (Å²) in [6, 6.07) is 12.2. The Labute approximate surface area is 139 Å². The summed E-state index contributed by atoms with van der Waals surface area (Å²) in [5, 5.41) is 15.8. The predicted molar refractivity (Wildman–Crippen MR) is 88.5 cm³/mol. The second-order valence-electron chi connectivity index (χ2n) is 5.90. The van der Waals surface area contributed by atoms with Crippen LogP contribution in [0.3, 0.4) is 0 Å². The molecule has 1 aliphatic carbocycles. The maximum Gasteiger partial charge on any atom is 0.319 e. The fourth-order valence-electron chi connectivity index (χ4n) is 3.18. The van der Waals surface area contributed by atoms with Crippen LogP contribution in [-0.2, 0) is 6.42 Å². The Morgan fingerprint density at radius 2 is 1.88 bits per heavy atom. The molecule has 24 heavy (non-hydrogen) atoms. The first-order chi connectivity index (χ1) is 11.7. The minimum absolute atomic E-state index is 0.368. The number of amides is 2. The van der Waals surface area contributed by atoms with Crippen molar-refractivity contribution in [3.8, 4) is 11.5 Å². The van der Waals surface area contributed by atoms with E-state index < -0.39 is 12.1 Å². The van der Waals surface area contributed by atoms with Gasteiger partial charge in [-0.15, -0.1) is 0 Å². The number of aliphatic hydroxyl groups excluding tert-OH is 1. The molecule has 0 radical (unpaired) electrons. The van der Waals surface area contributed by atoms with E-state index in [1.807, 2.05) is 24.3 Å². The molecule has 6 nitrogen and oxygen atoms in total. The Bertz CT molecular complexity index is 777. The van der Waals surface area contributed by atoms with E-state index in [0.29, 0.717) is 36.8 Å². The van der Waals surface area contributed by atoms with E-state index in [-0.39, 0.29) is 6.03 Å². The molecule has 2 aliphatic rings. The van der Waals surface area contributed by atoms with Crippen LogP contribution >= 0.6 is 0 Å². The van der Waals surface area contributed by atoms with Gasteiger partial charge in [0, 0.05) is 18.2 Å². The first-order valence-electron chi connectivity index (χ1n) is 7.94. The van der Waals surface area contributed by atoms with Crippen LogP contribution in [-0.4, -0.2) is 30.5 Å². The van der Waals surface area contributed by atoms with Gasteiger partial charge >= 0.3 is 6.03 Å². The van der Waals surface area contributed by atoms with Crippen LogP contribution in [0.4, 0.5) is 10.5 Å². The van der Waals surface area contributed by atoms with Crippen molar-refractivity contribution in [1.82, 2.24) is 5.32 Å². The fraction of sp³-hybridized carbons (Fsp3) is 0.278. The van der Waals surface area contributed by atoms with E-state index in [1.54, 1.807) is 18.2 Å². The first-order valence-corrected chi connectivity index (χ1v) is 7.94. The van der Waals surface area contributed by atoms with Crippen LogP contribution in [0, 0.1) is 0 Å². The van der Waals surface area contributed by atoms with Gasteiger partial charge in [-0.1, -0.05) is 24.3 Å². The van der Waals surface area contributed by atoms with Crippen molar-refractivity contribution in [2.24, 2.45) is 0 Å². The summed E-state index contributed by atoms with van der Waals surface area (Å²) >= 11 is 0. The number of aliphatic hydroxyl groups is 1. The number of ether oxygens (including phenoxy) is 2. The van der Waals surface area contributed by atoms with Crippen molar-refractivity contribution in [1.29, 1.82) is 0 Å². The highest BCUT2D eigenvalue weighted by molar-refractivity contribution is 5.90. The zero-order valence-corrected chi connectivity index (χ0v) is 13.0. The van der Waals surface area contributed by atoms with E-state index in [2.05, 4.69) is 10.6 Å². The maximum atomic E-state index is 12.3. The molecule has 6 heteroatoms. The van der Waals surface area contributed by atoms with E-state index in [1.165, 1.54) is 0 Å². The Morgan fingerprint density at radius 3 is 2.75 bits per heavy atom. The lowest BCUT2D eigenvalue weighted by Gasteiger charge is -2.20. The highest BCUT2D eigenvalue weighted by atomic mass is 16.6.